The Morgan fingerprint density at radius 3 is 2.76 bits per heavy atom. The Morgan fingerprint density at radius 2 is 2.18 bits per heavy atom. The van der Waals surface area contributed by atoms with Crippen LogP contribution in [0.2, 0.25) is 5.02 Å². The molecular weight excluding hydrogens is 240 g/mol. The summed E-state index contributed by atoms with van der Waals surface area (Å²) in [5.74, 6) is 0.363. The molecule has 0 atom stereocenters. The lowest BCUT2D eigenvalue weighted by atomic mass is 10.2. The monoisotopic (exact) mass is 254 g/mol. The number of amides is 1. The van der Waals surface area contributed by atoms with Crippen molar-refractivity contribution in [3.05, 3.63) is 41.1 Å². The molecule has 4 nitrogen and oxygen atoms in total. The SMILES string of the molecule is C=C(C)NNC(=O)COc1ccc(Cl)cc1C. The van der Waals surface area contributed by atoms with Gasteiger partial charge in [-0.05, 0) is 37.6 Å². The molecular formula is C12H15ClN2O2. The van der Waals surface area contributed by atoms with Crippen molar-refractivity contribution >= 4 is 17.5 Å². The minimum atomic E-state index is -0.276. The molecule has 0 aliphatic rings. The molecule has 0 aromatic heterocycles. The minimum absolute atomic E-state index is 0.0667. The predicted octanol–water partition coefficient (Wildman–Crippen LogP) is 2.18. The van der Waals surface area contributed by atoms with E-state index >= 15 is 0 Å². The topological polar surface area (TPSA) is 50.4 Å². The van der Waals surface area contributed by atoms with E-state index in [1.165, 1.54) is 0 Å². The second-order valence-corrected chi connectivity index (χ2v) is 4.09. The van der Waals surface area contributed by atoms with Crippen LogP contribution in [0.5, 0.6) is 5.75 Å². The van der Waals surface area contributed by atoms with E-state index in [4.69, 9.17) is 16.3 Å². The summed E-state index contributed by atoms with van der Waals surface area (Å²) in [5, 5.41) is 0.642. The van der Waals surface area contributed by atoms with Crippen molar-refractivity contribution < 1.29 is 9.53 Å². The third-order valence-electron chi connectivity index (χ3n) is 1.91. The highest BCUT2D eigenvalue weighted by Crippen LogP contribution is 2.21. The first-order chi connectivity index (χ1) is 7.99. The highest BCUT2D eigenvalue weighted by atomic mass is 35.5. The summed E-state index contributed by atoms with van der Waals surface area (Å²) in [4.78, 5) is 11.3. The smallest absolute Gasteiger partial charge is 0.276 e. The summed E-state index contributed by atoms with van der Waals surface area (Å²) in [6.45, 7) is 7.13. The lowest BCUT2D eigenvalue weighted by Gasteiger charge is -2.10. The van der Waals surface area contributed by atoms with Crippen LogP contribution in [-0.2, 0) is 4.79 Å². The first-order valence-electron chi connectivity index (χ1n) is 5.08. The van der Waals surface area contributed by atoms with Gasteiger partial charge >= 0.3 is 0 Å². The van der Waals surface area contributed by atoms with Crippen LogP contribution in [0.25, 0.3) is 0 Å². The van der Waals surface area contributed by atoms with Crippen molar-refractivity contribution in [2.24, 2.45) is 0 Å². The number of carbonyl (C=O) groups excluding carboxylic acids is 1. The lowest BCUT2D eigenvalue weighted by Crippen LogP contribution is -2.38. The molecule has 0 spiro atoms. The van der Waals surface area contributed by atoms with Gasteiger partial charge in [0.1, 0.15) is 5.75 Å². The number of benzene rings is 1. The van der Waals surface area contributed by atoms with Crippen molar-refractivity contribution in [3.8, 4) is 5.75 Å². The summed E-state index contributed by atoms with van der Waals surface area (Å²) in [5.41, 5.74) is 6.59. The Bertz CT molecular complexity index is 433. The molecule has 1 aromatic carbocycles. The molecule has 2 N–H and O–H groups in total. The zero-order valence-corrected chi connectivity index (χ0v) is 10.6. The highest BCUT2D eigenvalue weighted by molar-refractivity contribution is 6.30. The van der Waals surface area contributed by atoms with Crippen molar-refractivity contribution in [1.82, 2.24) is 10.9 Å². The number of halogens is 1. The van der Waals surface area contributed by atoms with E-state index in [1.807, 2.05) is 6.92 Å². The molecule has 0 saturated heterocycles. The van der Waals surface area contributed by atoms with Crippen molar-refractivity contribution in [3.63, 3.8) is 0 Å². The molecule has 92 valence electrons. The van der Waals surface area contributed by atoms with E-state index in [0.29, 0.717) is 16.5 Å². The van der Waals surface area contributed by atoms with Gasteiger partial charge in [-0.25, -0.2) is 0 Å². The van der Waals surface area contributed by atoms with Crippen LogP contribution in [0, 0.1) is 6.92 Å². The molecule has 0 radical (unpaired) electrons. The Labute approximate surface area is 106 Å². The Morgan fingerprint density at radius 1 is 1.47 bits per heavy atom. The van der Waals surface area contributed by atoms with Crippen molar-refractivity contribution in [2.75, 3.05) is 6.61 Å². The second kappa shape index (κ2) is 6.15. The molecule has 1 amide bonds. The molecule has 0 saturated carbocycles. The Balaban J connectivity index is 2.44. The molecule has 0 fully saturated rings. The van der Waals surface area contributed by atoms with E-state index in [2.05, 4.69) is 17.4 Å². The average Bonchev–Trinajstić information content (AvgIpc) is 2.25. The third kappa shape index (κ3) is 4.78. The standard InChI is InChI=1S/C12H15ClN2O2/c1-8(2)14-15-12(16)7-17-11-5-4-10(13)6-9(11)3/h4-6,14H,1,7H2,2-3H3,(H,15,16). The first kappa shape index (κ1) is 13.4. The van der Waals surface area contributed by atoms with E-state index in [9.17, 15) is 4.79 Å². The van der Waals surface area contributed by atoms with Gasteiger partial charge in [0.15, 0.2) is 6.61 Å². The molecule has 0 heterocycles. The van der Waals surface area contributed by atoms with Crippen molar-refractivity contribution in [2.45, 2.75) is 13.8 Å². The van der Waals surface area contributed by atoms with E-state index in [0.717, 1.165) is 5.56 Å². The number of ether oxygens (including phenoxy) is 1. The number of hydrogen-bond donors (Lipinski definition) is 2. The number of aryl methyl sites for hydroxylation is 1. The van der Waals surface area contributed by atoms with Crippen molar-refractivity contribution in [1.29, 1.82) is 0 Å². The van der Waals surface area contributed by atoms with Gasteiger partial charge in [-0.15, -0.1) is 0 Å². The number of nitrogens with one attached hydrogen (secondary N) is 2. The number of rotatable bonds is 5. The maximum absolute atomic E-state index is 11.3. The van der Waals surface area contributed by atoms with Gasteiger partial charge < -0.3 is 10.2 Å². The normalized spacial score (nSPS) is 9.59. The van der Waals surface area contributed by atoms with Gasteiger partial charge in [-0.3, -0.25) is 10.2 Å². The zero-order valence-electron chi connectivity index (χ0n) is 9.84. The molecule has 1 aromatic rings. The van der Waals surface area contributed by atoms with Crippen LogP contribution >= 0.6 is 11.6 Å². The Kier molecular flexibility index (Phi) is 4.84. The van der Waals surface area contributed by atoms with Gasteiger partial charge in [0.05, 0.1) is 0 Å². The summed E-state index contributed by atoms with van der Waals surface area (Å²) in [6, 6.07) is 5.23. The Hall–Kier alpha value is -1.68. The molecule has 0 bridgehead atoms. The van der Waals surface area contributed by atoms with Gasteiger partial charge in [0, 0.05) is 10.7 Å². The van der Waals surface area contributed by atoms with Crippen LogP contribution in [0.1, 0.15) is 12.5 Å². The summed E-state index contributed by atoms with van der Waals surface area (Å²) in [7, 11) is 0. The molecule has 0 aliphatic carbocycles. The first-order valence-corrected chi connectivity index (χ1v) is 5.46. The number of hydrazine groups is 1. The van der Waals surface area contributed by atoms with Crippen LogP contribution in [0.3, 0.4) is 0 Å². The van der Waals surface area contributed by atoms with Gasteiger partial charge in [0.2, 0.25) is 0 Å². The van der Waals surface area contributed by atoms with Gasteiger partial charge in [-0.1, -0.05) is 18.2 Å². The summed E-state index contributed by atoms with van der Waals surface area (Å²) < 4.78 is 5.35. The maximum Gasteiger partial charge on any atom is 0.276 e. The quantitative estimate of drug-likeness (QED) is 0.792. The lowest BCUT2D eigenvalue weighted by molar-refractivity contribution is -0.123. The van der Waals surface area contributed by atoms with Gasteiger partial charge in [-0.2, -0.15) is 0 Å². The molecule has 17 heavy (non-hydrogen) atoms. The molecule has 1 rings (SSSR count). The maximum atomic E-state index is 11.3. The average molecular weight is 255 g/mol. The van der Waals surface area contributed by atoms with Gasteiger partial charge in [0.25, 0.3) is 5.91 Å². The van der Waals surface area contributed by atoms with Crippen LogP contribution in [-0.4, -0.2) is 12.5 Å². The van der Waals surface area contributed by atoms with E-state index in [-0.39, 0.29) is 12.5 Å². The fourth-order valence-electron chi connectivity index (χ4n) is 1.13. The van der Waals surface area contributed by atoms with Crippen LogP contribution < -0.4 is 15.6 Å². The summed E-state index contributed by atoms with van der Waals surface area (Å²) in [6.07, 6.45) is 0. The third-order valence-corrected chi connectivity index (χ3v) is 2.15. The fraction of sp³-hybridized carbons (Fsp3) is 0.250. The van der Waals surface area contributed by atoms with E-state index in [1.54, 1.807) is 25.1 Å². The number of carbonyl (C=O) groups is 1. The molecule has 0 unspecified atom stereocenters. The molecule has 5 heteroatoms. The summed E-state index contributed by atoms with van der Waals surface area (Å²) >= 11 is 5.81. The highest BCUT2D eigenvalue weighted by Gasteiger charge is 2.04. The predicted molar refractivity (Wildman–Crippen MR) is 67.8 cm³/mol. The van der Waals surface area contributed by atoms with Crippen LogP contribution in [0.4, 0.5) is 0 Å². The molecule has 0 aliphatic heterocycles. The second-order valence-electron chi connectivity index (χ2n) is 3.65. The largest absolute Gasteiger partial charge is 0.483 e. The fourth-order valence-corrected chi connectivity index (χ4v) is 1.36. The van der Waals surface area contributed by atoms with E-state index < -0.39 is 0 Å². The zero-order chi connectivity index (χ0) is 12.8. The van der Waals surface area contributed by atoms with Crippen LogP contribution in [0.15, 0.2) is 30.5 Å². The number of allylic oxidation sites excluding steroid dienone is 1. The minimum Gasteiger partial charge on any atom is -0.483 e. The number of hydrogen-bond acceptors (Lipinski definition) is 3.